The van der Waals surface area contributed by atoms with Crippen LogP contribution in [0.5, 0.6) is 0 Å². The summed E-state index contributed by atoms with van der Waals surface area (Å²) in [5.74, 6) is 0.421. The molecule has 0 aromatic heterocycles. The average Bonchev–Trinajstić information content (AvgIpc) is 2.37. The Hall–Kier alpha value is -0.460. The Labute approximate surface area is 117 Å². The molecule has 5 nitrogen and oxygen atoms in total. The molecule has 1 aliphatic carbocycles. The van der Waals surface area contributed by atoms with Crippen molar-refractivity contribution in [1.29, 1.82) is 0 Å². The first kappa shape index (κ1) is 16.6. The molecule has 6 heteroatoms. The Kier molecular flexibility index (Phi) is 6.96. The highest BCUT2D eigenvalue weighted by atomic mass is 32.2. The van der Waals surface area contributed by atoms with Gasteiger partial charge in [0.1, 0.15) is 0 Å². The van der Waals surface area contributed by atoms with Crippen LogP contribution in [0, 0.1) is 5.92 Å². The van der Waals surface area contributed by atoms with Gasteiger partial charge in [-0.05, 0) is 32.6 Å². The summed E-state index contributed by atoms with van der Waals surface area (Å²) in [6.45, 7) is 2.62. The summed E-state index contributed by atoms with van der Waals surface area (Å²) in [5, 5.41) is 10.4. The maximum Gasteiger partial charge on any atom is 0.308 e. The molecular weight excluding hydrogens is 268 g/mol. The normalized spacial score (nSPS) is 28.9. The predicted molar refractivity (Wildman–Crippen MR) is 73.3 cm³/mol. The zero-order chi connectivity index (χ0) is 14.3. The van der Waals surface area contributed by atoms with Crippen LogP contribution in [0.25, 0.3) is 0 Å². The summed E-state index contributed by atoms with van der Waals surface area (Å²) in [7, 11) is 0.493. The van der Waals surface area contributed by atoms with Gasteiger partial charge in [0, 0.05) is 23.7 Å². The van der Waals surface area contributed by atoms with Gasteiger partial charge in [-0.3, -0.25) is 9.00 Å². The second kappa shape index (κ2) is 7.97. The van der Waals surface area contributed by atoms with Crippen LogP contribution >= 0.6 is 0 Å². The third-order valence-corrected chi connectivity index (χ3v) is 4.96. The van der Waals surface area contributed by atoms with Crippen molar-refractivity contribution in [3.8, 4) is 0 Å². The van der Waals surface area contributed by atoms with E-state index >= 15 is 0 Å². The number of hydrogen-bond acceptors (Lipinski definition) is 5. The summed E-state index contributed by atoms with van der Waals surface area (Å²) in [5.41, 5.74) is -0.901. The Morgan fingerprint density at radius 2 is 2.05 bits per heavy atom. The van der Waals surface area contributed by atoms with E-state index < -0.39 is 16.4 Å². The molecule has 1 aliphatic rings. The van der Waals surface area contributed by atoms with Crippen LogP contribution in [-0.2, 0) is 25.1 Å². The fourth-order valence-electron chi connectivity index (χ4n) is 2.34. The second-order valence-electron chi connectivity index (χ2n) is 5.03. The molecule has 19 heavy (non-hydrogen) atoms. The molecule has 0 spiro atoms. The molecule has 0 aliphatic heterocycles. The minimum Gasteiger partial charge on any atom is -0.466 e. The lowest BCUT2D eigenvalue weighted by Gasteiger charge is -2.34. The molecule has 1 fully saturated rings. The largest absolute Gasteiger partial charge is 0.466 e. The van der Waals surface area contributed by atoms with E-state index in [4.69, 9.17) is 9.47 Å². The van der Waals surface area contributed by atoms with Crippen LogP contribution in [0.1, 0.15) is 32.6 Å². The van der Waals surface area contributed by atoms with Gasteiger partial charge in [0.25, 0.3) is 0 Å². The molecule has 1 unspecified atom stereocenters. The molecule has 1 rings (SSSR count). The van der Waals surface area contributed by atoms with E-state index in [9.17, 15) is 14.1 Å². The summed E-state index contributed by atoms with van der Waals surface area (Å²) < 4.78 is 21.6. The van der Waals surface area contributed by atoms with E-state index in [2.05, 4.69) is 0 Å². The minimum absolute atomic E-state index is 0.118. The monoisotopic (exact) mass is 292 g/mol. The topological polar surface area (TPSA) is 72.8 Å². The van der Waals surface area contributed by atoms with E-state index in [1.54, 1.807) is 14.0 Å². The third-order valence-electron chi connectivity index (χ3n) is 3.48. The van der Waals surface area contributed by atoms with Crippen LogP contribution in [0.4, 0.5) is 0 Å². The maximum absolute atomic E-state index is 11.8. The van der Waals surface area contributed by atoms with Gasteiger partial charge in [0.2, 0.25) is 0 Å². The van der Waals surface area contributed by atoms with Crippen molar-refractivity contribution in [1.82, 2.24) is 0 Å². The van der Waals surface area contributed by atoms with E-state index in [1.807, 2.05) is 0 Å². The number of rotatable bonds is 7. The molecule has 1 N–H and O–H groups in total. The van der Waals surface area contributed by atoms with Crippen molar-refractivity contribution in [2.45, 2.75) is 38.2 Å². The van der Waals surface area contributed by atoms with Gasteiger partial charge in [-0.1, -0.05) is 0 Å². The standard InChI is InChI=1S/C13H24O5S/c1-3-18-12(14)11-4-6-13(15,7-5-11)10-19(16)9-8-17-2/h11,15H,3-10H2,1-2H3. The van der Waals surface area contributed by atoms with Gasteiger partial charge >= 0.3 is 5.97 Å². The highest BCUT2D eigenvalue weighted by molar-refractivity contribution is 7.85. The van der Waals surface area contributed by atoms with E-state index in [0.717, 1.165) is 0 Å². The van der Waals surface area contributed by atoms with Gasteiger partial charge in [-0.15, -0.1) is 0 Å². The van der Waals surface area contributed by atoms with Gasteiger partial charge in [0.15, 0.2) is 0 Å². The Morgan fingerprint density at radius 3 is 2.58 bits per heavy atom. The highest BCUT2D eigenvalue weighted by Crippen LogP contribution is 2.33. The number of methoxy groups -OCH3 is 1. The molecule has 0 heterocycles. The molecule has 112 valence electrons. The van der Waals surface area contributed by atoms with Crippen molar-refractivity contribution in [2.75, 3.05) is 31.8 Å². The van der Waals surface area contributed by atoms with Gasteiger partial charge < -0.3 is 14.6 Å². The molecule has 0 radical (unpaired) electrons. The number of hydrogen-bond donors (Lipinski definition) is 1. The Balaban J connectivity index is 2.38. The van der Waals surface area contributed by atoms with E-state index in [1.165, 1.54) is 0 Å². The summed E-state index contributed by atoms with van der Waals surface area (Å²) in [6.07, 6.45) is 2.23. The van der Waals surface area contributed by atoms with Gasteiger partial charge in [-0.2, -0.15) is 0 Å². The number of carbonyl (C=O) groups excluding carboxylic acids is 1. The predicted octanol–water partition coefficient (Wildman–Crippen LogP) is 0.866. The Morgan fingerprint density at radius 1 is 1.42 bits per heavy atom. The van der Waals surface area contributed by atoms with Crippen LogP contribution < -0.4 is 0 Å². The lowest BCUT2D eigenvalue weighted by Crippen LogP contribution is -2.41. The van der Waals surface area contributed by atoms with E-state index in [0.29, 0.717) is 44.6 Å². The van der Waals surface area contributed by atoms with Crippen LogP contribution in [-0.4, -0.2) is 52.7 Å². The number of ether oxygens (including phenoxy) is 2. The quantitative estimate of drug-likeness (QED) is 0.705. The maximum atomic E-state index is 11.8. The van der Waals surface area contributed by atoms with Gasteiger partial charge in [-0.25, -0.2) is 0 Å². The first-order chi connectivity index (χ1) is 9.00. The summed E-state index contributed by atoms with van der Waals surface area (Å²) in [6, 6.07) is 0. The third kappa shape index (κ3) is 5.58. The highest BCUT2D eigenvalue weighted by Gasteiger charge is 2.37. The zero-order valence-corrected chi connectivity index (χ0v) is 12.5. The molecule has 1 atom stereocenters. The van der Waals surface area contributed by atoms with Crippen molar-refractivity contribution in [3.63, 3.8) is 0 Å². The second-order valence-corrected chi connectivity index (χ2v) is 6.61. The molecule has 0 aromatic rings. The lowest BCUT2D eigenvalue weighted by molar-refractivity contribution is -0.150. The van der Waals surface area contributed by atoms with Crippen LogP contribution in [0.15, 0.2) is 0 Å². The smallest absolute Gasteiger partial charge is 0.308 e. The zero-order valence-electron chi connectivity index (χ0n) is 11.7. The first-order valence-electron chi connectivity index (χ1n) is 6.73. The minimum atomic E-state index is -1.07. The molecular formula is C13H24O5S. The van der Waals surface area contributed by atoms with Crippen molar-refractivity contribution in [3.05, 3.63) is 0 Å². The Bertz CT molecular complexity index is 310. The van der Waals surface area contributed by atoms with E-state index in [-0.39, 0.29) is 17.6 Å². The van der Waals surface area contributed by atoms with Crippen LogP contribution in [0.3, 0.4) is 0 Å². The average molecular weight is 292 g/mol. The fraction of sp³-hybridized carbons (Fsp3) is 0.923. The molecule has 0 bridgehead atoms. The van der Waals surface area contributed by atoms with Gasteiger partial charge in [0.05, 0.1) is 30.5 Å². The van der Waals surface area contributed by atoms with Crippen molar-refractivity contribution in [2.24, 2.45) is 5.92 Å². The van der Waals surface area contributed by atoms with Crippen LogP contribution in [0.2, 0.25) is 0 Å². The SMILES string of the molecule is CCOC(=O)C1CCC(O)(CS(=O)CCOC)CC1. The summed E-state index contributed by atoms with van der Waals surface area (Å²) >= 11 is 0. The fourth-order valence-corrected chi connectivity index (χ4v) is 3.73. The van der Waals surface area contributed by atoms with Crippen molar-refractivity contribution >= 4 is 16.8 Å². The number of carbonyl (C=O) groups is 1. The number of esters is 1. The molecule has 0 amide bonds. The lowest BCUT2D eigenvalue weighted by atomic mass is 9.80. The summed E-state index contributed by atoms with van der Waals surface area (Å²) in [4.78, 5) is 11.6. The molecule has 0 saturated heterocycles. The van der Waals surface area contributed by atoms with Crippen molar-refractivity contribution < 1.29 is 23.6 Å². The molecule has 1 saturated carbocycles. The number of aliphatic hydroxyl groups is 1. The first-order valence-corrected chi connectivity index (χ1v) is 8.22. The molecule has 0 aromatic carbocycles.